The normalized spacial score (nSPS) is 12.3. The summed E-state index contributed by atoms with van der Waals surface area (Å²) in [5.74, 6) is -9.23. The van der Waals surface area contributed by atoms with Crippen LogP contribution in [-0.4, -0.2) is 29.1 Å². The zero-order valence-corrected chi connectivity index (χ0v) is 9.74. The molecule has 0 aliphatic heterocycles. The van der Waals surface area contributed by atoms with Crippen LogP contribution in [0.3, 0.4) is 0 Å². The van der Waals surface area contributed by atoms with Gasteiger partial charge in [-0.15, -0.1) is 11.3 Å². The monoisotopic (exact) mass is 303 g/mol. The predicted molar refractivity (Wildman–Crippen MR) is 54.1 cm³/mol. The molecule has 4 nitrogen and oxygen atoms in total. The summed E-state index contributed by atoms with van der Waals surface area (Å²) in [7, 11) is 0. The fourth-order valence-corrected chi connectivity index (χ4v) is 1.78. The van der Waals surface area contributed by atoms with Gasteiger partial charge in [-0.2, -0.15) is 22.0 Å². The molecule has 10 heteroatoms. The Morgan fingerprint density at radius 3 is 2.21 bits per heavy atom. The number of carbonyl (C=O) groups excluding carboxylic acids is 1. The second-order valence-corrected chi connectivity index (χ2v) is 4.49. The smallest absolute Gasteiger partial charge is 0.463 e. The second-order valence-electron chi connectivity index (χ2n) is 3.33. The van der Waals surface area contributed by atoms with E-state index in [-0.39, 0.29) is 9.75 Å². The number of carbonyl (C=O) groups is 2. The third-order valence-electron chi connectivity index (χ3n) is 1.94. The van der Waals surface area contributed by atoms with Crippen LogP contribution in [0.15, 0.2) is 12.1 Å². The molecule has 0 unspecified atom stereocenters. The third-order valence-corrected chi connectivity index (χ3v) is 3.01. The van der Waals surface area contributed by atoms with Gasteiger partial charge in [-0.25, -0.2) is 4.79 Å². The van der Waals surface area contributed by atoms with E-state index in [1.165, 1.54) is 11.4 Å². The lowest BCUT2D eigenvalue weighted by Crippen LogP contribution is -2.50. The van der Waals surface area contributed by atoms with Gasteiger partial charge in [-0.1, -0.05) is 0 Å². The van der Waals surface area contributed by atoms with Crippen LogP contribution in [0.2, 0.25) is 0 Å². The predicted octanol–water partition coefficient (Wildman–Crippen LogP) is 2.26. The fourth-order valence-electron chi connectivity index (χ4n) is 0.995. The molecule has 1 amide bonds. The van der Waals surface area contributed by atoms with Gasteiger partial charge in [0.2, 0.25) is 0 Å². The Balaban J connectivity index is 2.66. The number of thiophene rings is 1. The highest BCUT2D eigenvalue weighted by molar-refractivity contribution is 7.13. The molecule has 1 heterocycles. The molecule has 0 aromatic carbocycles. The van der Waals surface area contributed by atoms with Crippen LogP contribution in [-0.2, 0) is 11.3 Å². The van der Waals surface area contributed by atoms with E-state index in [2.05, 4.69) is 0 Å². The molecule has 1 aromatic heterocycles. The number of rotatable bonds is 4. The van der Waals surface area contributed by atoms with Crippen molar-refractivity contribution in [2.45, 2.75) is 18.6 Å². The van der Waals surface area contributed by atoms with E-state index in [1.807, 2.05) is 0 Å². The Hall–Kier alpha value is -1.71. The first kappa shape index (κ1) is 15.3. The molecule has 0 aliphatic rings. The Labute approximate surface area is 106 Å². The van der Waals surface area contributed by atoms with Gasteiger partial charge in [0.1, 0.15) is 4.88 Å². The summed E-state index contributed by atoms with van der Waals surface area (Å²) in [4.78, 5) is 21.3. The number of amides is 1. The van der Waals surface area contributed by atoms with E-state index >= 15 is 0 Å². The minimum Gasteiger partial charge on any atom is -0.477 e. The van der Waals surface area contributed by atoms with Crippen LogP contribution in [0.5, 0.6) is 0 Å². The van der Waals surface area contributed by atoms with Crippen molar-refractivity contribution < 1.29 is 36.6 Å². The lowest BCUT2D eigenvalue weighted by molar-refractivity contribution is -0.269. The van der Waals surface area contributed by atoms with E-state index in [0.717, 1.165) is 6.07 Å². The van der Waals surface area contributed by atoms with Crippen LogP contribution >= 0.6 is 11.3 Å². The Morgan fingerprint density at radius 1 is 1.21 bits per heavy atom. The van der Waals surface area contributed by atoms with Crippen molar-refractivity contribution in [3.63, 3.8) is 0 Å². The molecule has 0 bridgehead atoms. The van der Waals surface area contributed by atoms with Crippen molar-refractivity contribution in [2.24, 2.45) is 0 Å². The molecular weight excluding hydrogens is 297 g/mol. The average Bonchev–Trinajstić information content (AvgIpc) is 2.72. The summed E-state index contributed by atoms with van der Waals surface area (Å²) in [6, 6.07) is 2.36. The number of nitrogens with one attached hydrogen (secondary N) is 1. The van der Waals surface area contributed by atoms with Crippen molar-refractivity contribution >= 4 is 23.2 Å². The third kappa shape index (κ3) is 3.40. The zero-order chi connectivity index (χ0) is 14.8. The van der Waals surface area contributed by atoms with E-state index in [9.17, 15) is 31.5 Å². The number of aromatic carboxylic acids is 1. The summed E-state index contributed by atoms with van der Waals surface area (Å²) in [5, 5.41) is 9.97. The topological polar surface area (TPSA) is 66.4 Å². The lowest BCUT2D eigenvalue weighted by Gasteiger charge is -2.18. The van der Waals surface area contributed by atoms with Crippen molar-refractivity contribution in [2.75, 3.05) is 0 Å². The molecule has 1 rings (SSSR count). The minimum atomic E-state index is -5.97. The summed E-state index contributed by atoms with van der Waals surface area (Å²) < 4.78 is 60.6. The first-order valence-corrected chi connectivity index (χ1v) is 5.42. The molecule has 0 radical (unpaired) electrons. The van der Waals surface area contributed by atoms with Gasteiger partial charge in [0.25, 0.3) is 0 Å². The summed E-state index contributed by atoms with van der Waals surface area (Å²) >= 11 is 0.661. The van der Waals surface area contributed by atoms with Crippen molar-refractivity contribution in [3.05, 3.63) is 21.9 Å². The van der Waals surface area contributed by atoms with Gasteiger partial charge in [-0.05, 0) is 12.1 Å². The summed E-state index contributed by atoms with van der Waals surface area (Å²) in [5.41, 5.74) is 0. The van der Waals surface area contributed by atoms with Gasteiger partial charge < -0.3 is 10.4 Å². The quantitative estimate of drug-likeness (QED) is 0.839. The van der Waals surface area contributed by atoms with E-state index in [1.54, 1.807) is 0 Å². The van der Waals surface area contributed by atoms with Gasteiger partial charge in [0.15, 0.2) is 0 Å². The van der Waals surface area contributed by atoms with Crippen LogP contribution in [0.25, 0.3) is 0 Å². The van der Waals surface area contributed by atoms with Crippen molar-refractivity contribution in [3.8, 4) is 0 Å². The molecule has 0 atom stereocenters. The van der Waals surface area contributed by atoms with E-state index < -0.39 is 30.5 Å². The minimum absolute atomic E-state index is 0.119. The van der Waals surface area contributed by atoms with Gasteiger partial charge >= 0.3 is 24.0 Å². The molecule has 1 aromatic rings. The van der Waals surface area contributed by atoms with Crippen LogP contribution < -0.4 is 5.32 Å². The highest BCUT2D eigenvalue weighted by atomic mass is 32.1. The highest BCUT2D eigenvalue weighted by Gasteiger charge is 2.63. The molecule has 0 spiro atoms. The maximum Gasteiger partial charge on any atom is 0.463 e. The Morgan fingerprint density at radius 2 is 1.79 bits per heavy atom. The Kier molecular flexibility index (Phi) is 4.13. The van der Waals surface area contributed by atoms with E-state index in [4.69, 9.17) is 5.11 Å². The molecule has 2 N–H and O–H groups in total. The first-order chi connectivity index (χ1) is 8.55. The standard InChI is InChI=1S/C9H6F5NO3S/c10-8(11,9(12,13)14)7(18)15-3-4-1-2-5(19-4)6(16)17/h1-2H,3H2,(H,15,18)(H,16,17). The van der Waals surface area contributed by atoms with Crippen LogP contribution in [0.1, 0.15) is 14.5 Å². The Bertz CT molecular complexity index is 496. The van der Waals surface area contributed by atoms with Gasteiger partial charge in [0, 0.05) is 4.88 Å². The average molecular weight is 303 g/mol. The number of hydrogen-bond donors (Lipinski definition) is 2. The number of hydrogen-bond acceptors (Lipinski definition) is 3. The fraction of sp³-hybridized carbons (Fsp3) is 0.333. The molecule has 106 valence electrons. The lowest BCUT2D eigenvalue weighted by atomic mass is 10.3. The van der Waals surface area contributed by atoms with Gasteiger partial charge in [-0.3, -0.25) is 4.79 Å². The van der Waals surface area contributed by atoms with Crippen molar-refractivity contribution in [1.29, 1.82) is 0 Å². The summed E-state index contributed by atoms with van der Waals surface area (Å²) in [6.45, 7) is -0.609. The maximum absolute atomic E-state index is 12.5. The SMILES string of the molecule is O=C(O)c1ccc(CNC(=O)C(F)(F)C(F)(F)F)s1. The van der Waals surface area contributed by atoms with Crippen molar-refractivity contribution in [1.82, 2.24) is 5.32 Å². The summed E-state index contributed by atoms with van der Waals surface area (Å²) in [6.07, 6.45) is -5.97. The molecule has 0 saturated carbocycles. The van der Waals surface area contributed by atoms with Crippen LogP contribution in [0.4, 0.5) is 22.0 Å². The number of alkyl halides is 5. The van der Waals surface area contributed by atoms with Gasteiger partial charge in [0.05, 0.1) is 6.54 Å². The highest BCUT2D eigenvalue weighted by Crippen LogP contribution is 2.35. The molecule has 0 aliphatic carbocycles. The largest absolute Gasteiger partial charge is 0.477 e. The molecule has 19 heavy (non-hydrogen) atoms. The number of halogens is 5. The molecule has 0 fully saturated rings. The zero-order valence-electron chi connectivity index (χ0n) is 8.92. The van der Waals surface area contributed by atoms with Crippen LogP contribution in [0, 0.1) is 0 Å². The second kappa shape index (κ2) is 5.11. The maximum atomic E-state index is 12.5. The number of carboxylic acids is 1. The van der Waals surface area contributed by atoms with E-state index in [0.29, 0.717) is 11.3 Å². The number of carboxylic acid groups (broad SMARTS) is 1. The molecule has 0 saturated heterocycles. The first-order valence-electron chi connectivity index (χ1n) is 4.60. The molecular formula is C9H6F5NO3S.